The van der Waals surface area contributed by atoms with Gasteiger partial charge in [0.2, 0.25) is 0 Å². The van der Waals surface area contributed by atoms with E-state index in [9.17, 15) is 0 Å². The summed E-state index contributed by atoms with van der Waals surface area (Å²) in [6.45, 7) is 3.00. The molecular formula is C9H16N2O2S. The van der Waals surface area contributed by atoms with Crippen molar-refractivity contribution in [2.24, 2.45) is 0 Å². The Bertz CT molecular complexity index is 265. The predicted octanol–water partition coefficient (Wildman–Crippen LogP) is -0.0632. The Labute approximate surface area is 87.6 Å². The zero-order valence-corrected chi connectivity index (χ0v) is 9.05. The molecule has 0 radical (unpaired) electrons. The van der Waals surface area contributed by atoms with Crippen LogP contribution >= 0.6 is 11.3 Å². The maximum atomic E-state index is 9.03. The van der Waals surface area contributed by atoms with Crippen LogP contribution in [0.25, 0.3) is 0 Å². The zero-order valence-electron chi connectivity index (χ0n) is 8.23. The number of hydrogen-bond acceptors (Lipinski definition) is 5. The second kappa shape index (κ2) is 6.08. The van der Waals surface area contributed by atoms with E-state index in [-0.39, 0.29) is 6.61 Å². The first-order valence-electron chi connectivity index (χ1n) is 4.63. The third-order valence-corrected chi connectivity index (χ3v) is 2.64. The summed E-state index contributed by atoms with van der Waals surface area (Å²) in [5, 5.41) is 23.8. The van der Waals surface area contributed by atoms with E-state index in [0.717, 1.165) is 23.7 Å². The molecule has 0 saturated carbocycles. The van der Waals surface area contributed by atoms with E-state index in [1.54, 1.807) is 11.3 Å². The molecule has 4 nitrogen and oxygen atoms in total. The van der Waals surface area contributed by atoms with Crippen molar-refractivity contribution in [2.45, 2.75) is 19.4 Å². The Balaban J connectivity index is 2.10. The van der Waals surface area contributed by atoms with Gasteiger partial charge in [0, 0.05) is 24.9 Å². The van der Waals surface area contributed by atoms with E-state index in [2.05, 4.69) is 10.3 Å². The number of hydrogen-bond donors (Lipinski definition) is 3. The molecule has 1 aromatic rings. The van der Waals surface area contributed by atoms with Gasteiger partial charge in [0.1, 0.15) is 0 Å². The lowest BCUT2D eigenvalue weighted by atomic mass is 10.3. The van der Waals surface area contributed by atoms with E-state index < -0.39 is 6.10 Å². The number of aliphatic hydroxyl groups excluding tert-OH is 2. The van der Waals surface area contributed by atoms with Crippen molar-refractivity contribution in [3.05, 3.63) is 16.1 Å². The van der Waals surface area contributed by atoms with Crippen LogP contribution in [0.1, 0.15) is 10.7 Å². The van der Waals surface area contributed by atoms with Gasteiger partial charge in [-0.2, -0.15) is 0 Å². The van der Waals surface area contributed by atoms with Crippen molar-refractivity contribution in [1.82, 2.24) is 10.3 Å². The normalized spacial score (nSPS) is 13.1. The average molecular weight is 216 g/mol. The minimum atomic E-state index is -0.660. The maximum Gasteiger partial charge on any atom is 0.0897 e. The minimum Gasteiger partial charge on any atom is -0.394 e. The molecule has 1 rings (SSSR count). The standard InChI is InChI=1S/C9H16N2O2S/c1-7-11-8(6-14-7)2-3-10-4-9(13)5-12/h6,9-10,12-13H,2-5H2,1H3/t9-/m0/s1. The van der Waals surface area contributed by atoms with Gasteiger partial charge in [-0.3, -0.25) is 0 Å². The summed E-state index contributed by atoms with van der Waals surface area (Å²) >= 11 is 1.64. The Kier molecular flexibility index (Phi) is 5.03. The predicted molar refractivity (Wildman–Crippen MR) is 56.5 cm³/mol. The lowest BCUT2D eigenvalue weighted by molar-refractivity contribution is 0.0947. The number of nitrogens with one attached hydrogen (secondary N) is 1. The third-order valence-electron chi connectivity index (χ3n) is 1.82. The molecule has 0 aliphatic rings. The van der Waals surface area contributed by atoms with Gasteiger partial charge in [-0.15, -0.1) is 11.3 Å². The van der Waals surface area contributed by atoms with E-state index in [1.165, 1.54) is 0 Å². The van der Waals surface area contributed by atoms with Crippen molar-refractivity contribution >= 4 is 11.3 Å². The van der Waals surface area contributed by atoms with Crippen molar-refractivity contribution < 1.29 is 10.2 Å². The summed E-state index contributed by atoms with van der Waals surface area (Å²) in [4.78, 5) is 4.31. The Morgan fingerprint density at radius 2 is 2.43 bits per heavy atom. The molecule has 0 saturated heterocycles. The van der Waals surface area contributed by atoms with Crippen LogP contribution in [0.3, 0.4) is 0 Å². The maximum absolute atomic E-state index is 9.03. The van der Waals surface area contributed by atoms with Gasteiger partial charge in [-0.05, 0) is 6.92 Å². The van der Waals surface area contributed by atoms with Gasteiger partial charge in [-0.1, -0.05) is 0 Å². The molecule has 0 aliphatic carbocycles. The quantitative estimate of drug-likeness (QED) is 0.583. The summed E-state index contributed by atoms with van der Waals surface area (Å²) < 4.78 is 0. The number of aliphatic hydroxyl groups is 2. The summed E-state index contributed by atoms with van der Waals surface area (Å²) in [5.74, 6) is 0. The Morgan fingerprint density at radius 1 is 1.64 bits per heavy atom. The van der Waals surface area contributed by atoms with Crippen molar-refractivity contribution in [3.8, 4) is 0 Å². The summed E-state index contributed by atoms with van der Waals surface area (Å²) in [5.41, 5.74) is 1.08. The van der Waals surface area contributed by atoms with Crippen LogP contribution in [0.5, 0.6) is 0 Å². The van der Waals surface area contributed by atoms with E-state index >= 15 is 0 Å². The first kappa shape index (κ1) is 11.6. The summed E-state index contributed by atoms with van der Waals surface area (Å²) in [6.07, 6.45) is 0.204. The molecule has 0 aliphatic heterocycles. The van der Waals surface area contributed by atoms with Gasteiger partial charge in [-0.25, -0.2) is 4.98 Å². The van der Waals surface area contributed by atoms with Gasteiger partial charge in [0.25, 0.3) is 0 Å². The van der Waals surface area contributed by atoms with Crippen LogP contribution in [0.15, 0.2) is 5.38 Å². The van der Waals surface area contributed by atoms with Crippen molar-refractivity contribution in [3.63, 3.8) is 0 Å². The highest BCUT2D eigenvalue weighted by Crippen LogP contribution is 2.07. The molecule has 5 heteroatoms. The molecule has 0 fully saturated rings. The van der Waals surface area contributed by atoms with E-state index in [0.29, 0.717) is 6.54 Å². The second-order valence-electron chi connectivity index (χ2n) is 3.15. The molecular weight excluding hydrogens is 200 g/mol. The molecule has 3 N–H and O–H groups in total. The van der Waals surface area contributed by atoms with Crippen LogP contribution in [0.4, 0.5) is 0 Å². The Morgan fingerprint density at radius 3 is 3.00 bits per heavy atom. The summed E-state index contributed by atoms with van der Waals surface area (Å²) in [6, 6.07) is 0. The molecule has 1 aromatic heterocycles. The zero-order chi connectivity index (χ0) is 10.4. The number of rotatable bonds is 6. The van der Waals surface area contributed by atoms with Crippen LogP contribution in [0, 0.1) is 6.92 Å². The van der Waals surface area contributed by atoms with Crippen LogP contribution < -0.4 is 5.32 Å². The molecule has 80 valence electrons. The molecule has 0 aromatic carbocycles. The fraction of sp³-hybridized carbons (Fsp3) is 0.667. The fourth-order valence-electron chi connectivity index (χ4n) is 1.07. The molecule has 1 heterocycles. The molecule has 0 amide bonds. The smallest absolute Gasteiger partial charge is 0.0897 e. The number of nitrogens with zero attached hydrogens (tertiary/aromatic N) is 1. The van der Waals surface area contributed by atoms with Crippen LogP contribution in [-0.2, 0) is 6.42 Å². The number of aryl methyl sites for hydroxylation is 1. The largest absolute Gasteiger partial charge is 0.394 e. The number of thiazole rings is 1. The lowest BCUT2D eigenvalue weighted by Crippen LogP contribution is -2.30. The fourth-order valence-corrected chi connectivity index (χ4v) is 1.72. The molecule has 14 heavy (non-hydrogen) atoms. The van der Waals surface area contributed by atoms with Crippen LogP contribution in [-0.4, -0.2) is 41.0 Å². The molecule has 1 atom stereocenters. The van der Waals surface area contributed by atoms with E-state index in [4.69, 9.17) is 10.2 Å². The number of aromatic nitrogens is 1. The van der Waals surface area contributed by atoms with Gasteiger partial charge in [0.15, 0.2) is 0 Å². The SMILES string of the molecule is Cc1nc(CCNC[C@H](O)CO)cs1. The highest BCUT2D eigenvalue weighted by atomic mass is 32.1. The molecule has 0 spiro atoms. The molecule has 0 bridgehead atoms. The molecule has 0 unspecified atom stereocenters. The highest BCUT2D eigenvalue weighted by molar-refractivity contribution is 7.09. The first-order chi connectivity index (χ1) is 6.72. The topological polar surface area (TPSA) is 65.4 Å². The van der Waals surface area contributed by atoms with Crippen molar-refractivity contribution in [2.75, 3.05) is 19.7 Å². The highest BCUT2D eigenvalue weighted by Gasteiger charge is 2.01. The van der Waals surface area contributed by atoms with E-state index in [1.807, 2.05) is 12.3 Å². The van der Waals surface area contributed by atoms with Gasteiger partial charge < -0.3 is 15.5 Å². The van der Waals surface area contributed by atoms with Gasteiger partial charge in [0.05, 0.1) is 23.4 Å². The monoisotopic (exact) mass is 216 g/mol. The van der Waals surface area contributed by atoms with Gasteiger partial charge >= 0.3 is 0 Å². The van der Waals surface area contributed by atoms with Crippen molar-refractivity contribution in [1.29, 1.82) is 0 Å². The lowest BCUT2D eigenvalue weighted by Gasteiger charge is -2.07. The first-order valence-corrected chi connectivity index (χ1v) is 5.51. The Hall–Kier alpha value is -0.490. The summed E-state index contributed by atoms with van der Waals surface area (Å²) in [7, 11) is 0. The average Bonchev–Trinajstić information content (AvgIpc) is 2.58. The minimum absolute atomic E-state index is 0.192. The van der Waals surface area contributed by atoms with Crippen LogP contribution in [0.2, 0.25) is 0 Å². The third kappa shape index (κ3) is 4.15. The second-order valence-corrected chi connectivity index (χ2v) is 4.21.